The summed E-state index contributed by atoms with van der Waals surface area (Å²) in [5.41, 5.74) is 18.7. The van der Waals surface area contributed by atoms with Gasteiger partial charge < -0.3 is 0 Å². The number of fused-ring (bicyclic) bond motifs is 4. The van der Waals surface area contributed by atoms with E-state index in [1.807, 2.05) is 24.5 Å². The predicted octanol–water partition coefficient (Wildman–Crippen LogP) is 21.0. The molecule has 0 radical (unpaired) electrons. The average Bonchev–Trinajstić information content (AvgIpc) is 3.50. The number of nitrogens with zero attached hydrogens (tertiary/aromatic N) is 6. The Balaban J connectivity index is 0.000000148. The summed E-state index contributed by atoms with van der Waals surface area (Å²) in [6.07, 6.45) is 7.38. The van der Waals surface area contributed by atoms with E-state index in [9.17, 15) is 0 Å². The zero-order valence-electron chi connectivity index (χ0n) is 47.9. The molecule has 0 unspecified atom stereocenters. The van der Waals surface area contributed by atoms with Crippen LogP contribution in [0.4, 0.5) is 0 Å². The maximum absolute atomic E-state index is 5.19. The molecule has 0 saturated heterocycles. The Morgan fingerprint density at radius 2 is 0.500 bits per heavy atom. The van der Waals surface area contributed by atoms with Gasteiger partial charge in [0.2, 0.25) is 0 Å². The Morgan fingerprint density at radius 3 is 0.932 bits per heavy atom. The van der Waals surface area contributed by atoms with Gasteiger partial charge in [-0.25, -0.2) is 19.9 Å². The van der Waals surface area contributed by atoms with Crippen molar-refractivity contribution in [3.8, 4) is 112 Å². The first-order valence-corrected chi connectivity index (χ1v) is 29.5. The third kappa shape index (κ3) is 11.1. The van der Waals surface area contributed by atoms with Gasteiger partial charge in [-0.15, -0.1) is 0 Å². The van der Waals surface area contributed by atoms with Crippen molar-refractivity contribution in [1.29, 1.82) is 0 Å². The molecular weight excluding hydrogens is 1070 g/mol. The van der Waals surface area contributed by atoms with Crippen LogP contribution < -0.4 is 0 Å². The standard InChI is InChI=1S/2C41H27N3/c1-3-10-30-22-34(19-17-28(30)8-1)32-12-5-14-35(23-32)39-26-40(36-15-6-13-33(24-36)38-16-7-21-42-27-38)44-41(43-39)37-20-18-29-9-2-4-11-31(29)25-37;1-2-11-30-23-33(21-20-28(30)9-1)31-13-5-15-34(24-31)39-26-40(35-16-6-14-32(25-35)36-17-8-22-42-27-36)44-41(43-39)38-19-7-12-29-10-3-4-18-37(29)38/h2*1-27H. The van der Waals surface area contributed by atoms with Crippen LogP contribution in [-0.4, -0.2) is 29.9 Å². The molecule has 0 spiro atoms. The minimum absolute atomic E-state index is 0.700. The SMILES string of the molecule is c1cncc(-c2cccc(-c3cc(-c4cccc(-c5ccc6ccccc6c5)c4)nc(-c4ccc5ccccc5c4)n3)c2)c1.c1cncc(-c2cccc(-c3cc(-c4cccc(-c5ccc6ccccc6c5)c4)nc(-c4cccc5ccccc45)n3)c2)c1. The average molecular weight is 1120 g/mol. The molecule has 412 valence electrons. The molecule has 0 atom stereocenters. The van der Waals surface area contributed by atoms with Gasteiger partial charge in [0, 0.05) is 69.3 Å². The number of aromatic nitrogens is 6. The number of hydrogen-bond acceptors (Lipinski definition) is 6. The quantitative estimate of drug-likeness (QED) is 0.136. The van der Waals surface area contributed by atoms with Gasteiger partial charge in [-0.1, -0.05) is 237 Å². The van der Waals surface area contributed by atoms with E-state index in [1.165, 1.54) is 38.1 Å². The van der Waals surface area contributed by atoms with Crippen LogP contribution in [0.2, 0.25) is 0 Å². The van der Waals surface area contributed by atoms with Crippen molar-refractivity contribution in [2.75, 3.05) is 0 Å². The minimum atomic E-state index is 0.700. The van der Waals surface area contributed by atoms with Crippen molar-refractivity contribution in [1.82, 2.24) is 29.9 Å². The van der Waals surface area contributed by atoms with Crippen LogP contribution in [0.5, 0.6) is 0 Å². The van der Waals surface area contributed by atoms with Gasteiger partial charge in [0.1, 0.15) is 0 Å². The van der Waals surface area contributed by atoms with Gasteiger partial charge in [0.25, 0.3) is 0 Å². The third-order valence-electron chi connectivity index (χ3n) is 16.3. The highest BCUT2D eigenvalue weighted by atomic mass is 14.9. The van der Waals surface area contributed by atoms with Gasteiger partial charge in [-0.2, -0.15) is 0 Å². The molecule has 0 saturated carbocycles. The van der Waals surface area contributed by atoms with Crippen molar-refractivity contribution in [3.63, 3.8) is 0 Å². The van der Waals surface area contributed by atoms with Gasteiger partial charge in [-0.05, 0) is 143 Å². The van der Waals surface area contributed by atoms with E-state index >= 15 is 0 Å². The summed E-state index contributed by atoms with van der Waals surface area (Å²) in [6, 6.07) is 106. The summed E-state index contributed by atoms with van der Waals surface area (Å²) in [7, 11) is 0. The molecule has 6 heteroatoms. The molecule has 0 aliphatic carbocycles. The summed E-state index contributed by atoms with van der Waals surface area (Å²) in [5, 5.41) is 9.59. The summed E-state index contributed by atoms with van der Waals surface area (Å²) >= 11 is 0. The lowest BCUT2D eigenvalue weighted by molar-refractivity contribution is 1.18. The second-order valence-electron chi connectivity index (χ2n) is 21.9. The first-order chi connectivity index (χ1) is 43.5. The van der Waals surface area contributed by atoms with Crippen LogP contribution in [-0.2, 0) is 0 Å². The van der Waals surface area contributed by atoms with Crippen LogP contribution in [0, 0.1) is 0 Å². The highest BCUT2D eigenvalue weighted by molar-refractivity contribution is 5.96. The number of benzene rings is 12. The van der Waals surface area contributed by atoms with E-state index in [2.05, 4.69) is 301 Å². The first-order valence-electron chi connectivity index (χ1n) is 29.5. The Bertz CT molecular complexity index is 5220. The Kier molecular flexibility index (Phi) is 14.2. The van der Waals surface area contributed by atoms with Gasteiger partial charge in [0.05, 0.1) is 22.8 Å². The summed E-state index contributed by atoms with van der Waals surface area (Å²) < 4.78 is 0. The largest absolute Gasteiger partial charge is 0.264 e. The van der Waals surface area contributed by atoms with E-state index in [0.717, 1.165) is 106 Å². The normalized spacial score (nSPS) is 11.2. The Hall–Kier alpha value is -11.9. The summed E-state index contributed by atoms with van der Waals surface area (Å²) in [5.74, 6) is 1.41. The van der Waals surface area contributed by atoms with E-state index in [4.69, 9.17) is 19.9 Å². The second kappa shape index (κ2) is 23.7. The molecule has 4 aromatic heterocycles. The molecule has 0 N–H and O–H groups in total. The van der Waals surface area contributed by atoms with Gasteiger partial charge >= 0.3 is 0 Å². The molecule has 12 aromatic carbocycles. The van der Waals surface area contributed by atoms with Crippen LogP contribution in [0.1, 0.15) is 0 Å². The van der Waals surface area contributed by atoms with Crippen molar-refractivity contribution in [2.24, 2.45) is 0 Å². The zero-order valence-corrected chi connectivity index (χ0v) is 47.9. The van der Waals surface area contributed by atoms with Crippen LogP contribution >= 0.6 is 0 Å². The fraction of sp³-hybridized carbons (Fsp3) is 0. The monoisotopic (exact) mass is 1120 g/mol. The van der Waals surface area contributed by atoms with Crippen molar-refractivity contribution in [2.45, 2.75) is 0 Å². The lowest BCUT2D eigenvalue weighted by Crippen LogP contribution is -1.97. The third-order valence-corrected chi connectivity index (χ3v) is 16.3. The Morgan fingerprint density at radius 1 is 0.182 bits per heavy atom. The van der Waals surface area contributed by atoms with Crippen LogP contribution in [0.3, 0.4) is 0 Å². The highest BCUT2D eigenvalue weighted by Crippen LogP contribution is 2.37. The zero-order chi connectivity index (χ0) is 58.6. The predicted molar refractivity (Wildman–Crippen MR) is 364 cm³/mol. The lowest BCUT2D eigenvalue weighted by atomic mass is 9.97. The summed E-state index contributed by atoms with van der Waals surface area (Å²) in [4.78, 5) is 29.3. The molecule has 6 nitrogen and oxygen atoms in total. The smallest absolute Gasteiger partial charge is 0.161 e. The number of pyridine rings is 2. The molecule has 16 rings (SSSR count). The van der Waals surface area contributed by atoms with Crippen molar-refractivity contribution < 1.29 is 0 Å². The molecule has 0 aliphatic rings. The fourth-order valence-electron chi connectivity index (χ4n) is 11.7. The van der Waals surface area contributed by atoms with Crippen molar-refractivity contribution >= 4 is 43.1 Å². The molecule has 0 aliphatic heterocycles. The molecule has 4 heterocycles. The molecule has 0 fully saturated rings. The Labute approximate surface area is 510 Å². The van der Waals surface area contributed by atoms with Gasteiger partial charge in [-0.3, -0.25) is 9.97 Å². The van der Waals surface area contributed by atoms with Crippen LogP contribution in [0.25, 0.3) is 155 Å². The molecule has 0 bridgehead atoms. The lowest BCUT2D eigenvalue weighted by Gasteiger charge is -2.13. The molecular formula is C82H54N6. The topological polar surface area (TPSA) is 77.3 Å². The summed E-state index contributed by atoms with van der Waals surface area (Å²) in [6.45, 7) is 0. The van der Waals surface area contributed by atoms with Gasteiger partial charge in [0.15, 0.2) is 11.6 Å². The molecule has 16 aromatic rings. The second-order valence-corrected chi connectivity index (χ2v) is 21.9. The number of hydrogen-bond donors (Lipinski definition) is 0. The minimum Gasteiger partial charge on any atom is -0.264 e. The maximum Gasteiger partial charge on any atom is 0.161 e. The number of rotatable bonds is 10. The van der Waals surface area contributed by atoms with Crippen LogP contribution in [0.15, 0.2) is 328 Å². The van der Waals surface area contributed by atoms with E-state index in [1.54, 1.807) is 12.4 Å². The molecule has 88 heavy (non-hydrogen) atoms. The first kappa shape index (κ1) is 52.9. The van der Waals surface area contributed by atoms with E-state index in [-0.39, 0.29) is 0 Å². The highest BCUT2D eigenvalue weighted by Gasteiger charge is 2.17. The molecule has 0 amide bonds. The van der Waals surface area contributed by atoms with E-state index in [0.29, 0.717) is 11.6 Å². The maximum atomic E-state index is 5.19. The van der Waals surface area contributed by atoms with Crippen molar-refractivity contribution in [3.05, 3.63) is 328 Å². The fourth-order valence-corrected chi connectivity index (χ4v) is 11.7. The van der Waals surface area contributed by atoms with E-state index < -0.39 is 0 Å².